The van der Waals surface area contributed by atoms with Crippen LogP contribution < -0.4 is 4.74 Å². The second kappa shape index (κ2) is 7.80. The summed E-state index contributed by atoms with van der Waals surface area (Å²) in [5.74, 6) is -1.12. The standard InChI is InChI=1S/C18H13F4NO3S/c1-27(24,25)16(11-23)10-14-8-13(5-6-17(14)19)7-12-3-2-4-15(9-12)26-18(20,21)22/h2-6,8-10H,7H2,1H3/b16-10+. The molecule has 0 aromatic heterocycles. The molecule has 0 aliphatic heterocycles. The fraction of sp³-hybridized carbons (Fsp3) is 0.167. The highest BCUT2D eigenvalue weighted by atomic mass is 32.2. The monoisotopic (exact) mass is 399 g/mol. The highest BCUT2D eigenvalue weighted by Crippen LogP contribution is 2.25. The van der Waals surface area contributed by atoms with Crippen LogP contribution in [0.3, 0.4) is 0 Å². The lowest BCUT2D eigenvalue weighted by Crippen LogP contribution is -2.17. The molecule has 142 valence electrons. The maximum absolute atomic E-state index is 13.9. The van der Waals surface area contributed by atoms with E-state index < -0.39 is 26.9 Å². The molecular formula is C18H13F4NO3S. The van der Waals surface area contributed by atoms with E-state index in [0.29, 0.717) is 11.1 Å². The summed E-state index contributed by atoms with van der Waals surface area (Å²) < 4.78 is 77.7. The van der Waals surface area contributed by atoms with E-state index >= 15 is 0 Å². The van der Waals surface area contributed by atoms with Crippen molar-refractivity contribution in [3.8, 4) is 11.8 Å². The first-order valence-corrected chi connectivity index (χ1v) is 9.32. The molecule has 4 nitrogen and oxygen atoms in total. The lowest BCUT2D eigenvalue weighted by molar-refractivity contribution is -0.274. The van der Waals surface area contributed by atoms with Crippen LogP contribution in [0.2, 0.25) is 0 Å². The lowest BCUT2D eigenvalue weighted by atomic mass is 10.0. The number of nitriles is 1. The van der Waals surface area contributed by atoms with Crippen molar-refractivity contribution in [2.75, 3.05) is 6.26 Å². The molecule has 0 aliphatic rings. The Morgan fingerprint density at radius 3 is 2.44 bits per heavy atom. The van der Waals surface area contributed by atoms with Gasteiger partial charge in [0.1, 0.15) is 22.5 Å². The number of sulfone groups is 1. The maximum atomic E-state index is 13.9. The predicted molar refractivity (Wildman–Crippen MR) is 90.8 cm³/mol. The molecule has 0 N–H and O–H groups in total. The van der Waals surface area contributed by atoms with E-state index in [4.69, 9.17) is 5.26 Å². The van der Waals surface area contributed by atoms with Gasteiger partial charge in [-0.25, -0.2) is 12.8 Å². The summed E-state index contributed by atoms with van der Waals surface area (Å²) in [6.07, 6.45) is -2.92. The number of halogens is 4. The van der Waals surface area contributed by atoms with Gasteiger partial charge in [-0.05, 0) is 47.9 Å². The van der Waals surface area contributed by atoms with Crippen molar-refractivity contribution < 1.29 is 30.7 Å². The Kier molecular flexibility index (Phi) is 5.91. The number of hydrogen-bond acceptors (Lipinski definition) is 4. The van der Waals surface area contributed by atoms with Gasteiger partial charge in [-0.2, -0.15) is 5.26 Å². The number of alkyl halides is 3. The summed E-state index contributed by atoms with van der Waals surface area (Å²) in [5.41, 5.74) is 0.872. The van der Waals surface area contributed by atoms with E-state index in [9.17, 15) is 26.0 Å². The first-order chi connectivity index (χ1) is 12.5. The number of hydrogen-bond donors (Lipinski definition) is 0. The average molecular weight is 399 g/mol. The van der Waals surface area contributed by atoms with Crippen LogP contribution in [0.5, 0.6) is 5.75 Å². The molecule has 0 atom stereocenters. The summed E-state index contributed by atoms with van der Waals surface area (Å²) in [5, 5.41) is 8.92. The van der Waals surface area contributed by atoms with Crippen molar-refractivity contribution >= 4 is 15.9 Å². The third kappa shape index (κ3) is 6.11. The third-order valence-corrected chi connectivity index (χ3v) is 4.41. The van der Waals surface area contributed by atoms with E-state index in [-0.39, 0.29) is 17.7 Å². The zero-order valence-corrected chi connectivity index (χ0v) is 14.7. The maximum Gasteiger partial charge on any atom is 0.573 e. The van der Waals surface area contributed by atoms with Crippen LogP contribution in [0.4, 0.5) is 17.6 Å². The van der Waals surface area contributed by atoms with Gasteiger partial charge in [0.25, 0.3) is 0 Å². The van der Waals surface area contributed by atoms with Crippen LogP contribution in [0.1, 0.15) is 16.7 Å². The highest BCUT2D eigenvalue weighted by Gasteiger charge is 2.31. The van der Waals surface area contributed by atoms with Gasteiger partial charge in [0.15, 0.2) is 9.84 Å². The SMILES string of the molecule is CS(=O)(=O)/C(C#N)=C/c1cc(Cc2cccc(OC(F)(F)F)c2)ccc1F. The summed E-state index contributed by atoms with van der Waals surface area (Å²) in [4.78, 5) is -0.598. The fourth-order valence-electron chi connectivity index (χ4n) is 2.27. The molecule has 0 unspecified atom stereocenters. The Morgan fingerprint density at radius 1 is 1.19 bits per heavy atom. The Hall–Kier alpha value is -2.86. The van der Waals surface area contributed by atoms with Crippen LogP contribution in [0.25, 0.3) is 6.08 Å². The molecule has 0 radical (unpaired) electrons. The van der Waals surface area contributed by atoms with Gasteiger partial charge >= 0.3 is 6.36 Å². The van der Waals surface area contributed by atoms with Crippen LogP contribution >= 0.6 is 0 Å². The number of ether oxygens (including phenoxy) is 1. The number of benzene rings is 2. The van der Waals surface area contributed by atoms with Crippen molar-refractivity contribution in [3.05, 3.63) is 69.9 Å². The molecule has 0 saturated heterocycles. The average Bonchev–Trinajstić information content (AvgIpc) is 2.53. The second-order valence-corrected chi connectivity index (χ2v) is 7.60. The van der Waals surface area contributed by atoms with E-state index in [1.54, 1.807) is 6.07 Å². The molecule has 0 fully saturated rings. The third-order valence-electron chi connectivity index (χ3n) is 3.40. The van der Waals surface area contributed by atoms with Crippen molar-refractivity contribution in [3.63, 3.8) is 0 Å². The van der Waals surface area contributed by atoms with Gasteiger partial charge < -0.3 is 4.74 Å². The van der Waals surface area contributed by atoms with E-state index in [0.717, 1.165) is 24.5 Å². The Bertz CT molecular complexity index is 1020. The van der Waals surface area contributed by atoms with E-state index in [1.165, 1.54) is 30.3 Å². The summed E-state index contributed by atoms with van der Waals surface area (Å²) in [6.45, 7) is 0. The molecule has 0 saturated carbocycles. The lowest BCUT2D eigenvalue weighted by Gasteiger charge is -2.10. The molecule has 2 aromatic carbocycles. The molecule has 0 aliphatic carbocycles. The van der Waals surface area contributed by atoms with Gasteiger partial charge in [-0.15, -0.1) is 13.2 Å². The Morgan fingerprint density at radius 2 is 1.85 bits per heavy atom. The molecule has 0 amide bonds. The summed E-state index contributed by atoms with van der Waals surface area (Å²) in [7, 11) is -3.81. The van der Waals surface area contributed by atoms with Gasteiger partial charge in [0.2, 0.25) is 0 Å². The molecular weight excluding hydrogens is 386 g/mol. The zero-order chi connectivity index (χ0) is 20.2. The normalized spacial score (nSPS) is 12.5. The first kappa shape index (κ1) is 20.5. The van der Waals surface area contributed by atoms with E-state index in [2.05, 4.69) is 4.74 Å². The van der Waals surface area contributed by atoms with Crippen LogP contribution in [-0.2, 0) is 16.3 Å². The minimum Gasteiger partial charge on any atom is -0.406 e. The molecule has 0 spiro atoms. The van der Waals surface area contributed by atoms with Crippen molar-refractivity contribution in [1.82, 2.24) is 0 Å². The topological polar surface area (TPSA) is 67.2 Å². The largest absolute Gasteiger partial charge is 0.573 e. The Labute approximate surface area is 153 Å². The van der Waals surface area contributed by atoms with Gasteiger partial charge in [-0.3, -0.25) is 0 Å². The molecule has 2 rings (SSSR count). The Balaban J connectivity index is 2.33. The van der Waals surface area contributed by atoms with Crippen molar-refractivity contribution in [1.29, 1.82) is 5.26 Å². The number of rotatable bonds is 5. The van der Waals surface area contributed by atoms with Gasteiger partial charge in [0.05, 0.1) is 0 Å². The predicted octanol–water partition coefficient (Wildman–Crippen LogP) is 4.22. The number of allylic oxidation sites excluding steroid dienone is 1. The zero-order valence-electron chi connectivity index (χ0n) is 13.9. The molecule has 9 heteroatoms. The van der Waals surface area contributed by atoms with Crippen molar-refractivity contribution in [2.45, 2.75) is 12.8 Å². The summed E-state index contributed by atoms with van der Waals surface area (Å²) in [6, 6.07) is 10.6. The van der Waals surface area contributed by atoms with E-state index in [1.807, 2.05) is 0 Å². The minimum atomic E-state index is -4.81. The summed E-state index contributed by atoms with van der Waals surface area (Å²) >= 11 is 0. The number of nitrogens with zero attached hydrogens (tertiary/aromatic N) is 1. The van der Waals surface area contributed by atoms with Gasteiger partial charge in [-0.1, -0.05) is 18.2 Å². The molecule has 27 heavy (non-hydrogen) atoms. The molecule has 0 bridgehead atoms. The van der Waals surface area contributed by atoms with Crippen LogP contribution in [-0.4, -0.2) is 21.0 Å². The van der Waals surface area contributed by atoms with Gasteiger partial charge in [0, 0.05) is 11.8 Å². The molecule has 2 aromatic rings. The smallest absolute Gasteiger partial charge is 0.406 e. The quantitative estimate of drug-likeness (QED) is 0.558. The second-order valence-electron chi connectivity index (χ2n) is 5.62. The fourth-order valence-corrected chi connectivity index (χ4v) is 2.77. The minimum absolute atomic E-state index is 0.114. The van der Waals surface area contributed by atoms with Crippen LogP contribution in [0.15, 0.2) is 47.4 Å². The van der Waals surface area contributed by atoms with Crippen molar-refractivity contribution in [2.24, 2.45) is 0 Å². The molecule has 0 heterocycles. The van der Waals surface area contributed by atoms with Crippen LogP contribution in [0, 0.1) is 17.1 Å². The highest BCUT2D eigenvalue weighted by molar-refractivity contribution is 7.95. The first-order valence-electron chi connectivity index (χ1n) is 7.43.